The lowest BCUT2D eigenvalue weighted by molar-refractivity contribution is 0.0968. The van der Waals surface area contributed by atoms with Crippen molar-refractivity contribution < 1.29 is 4.79 Å². The molecule has 3 heteroatoms. The van der Waals surface area contributed by atoms with Crippen molar-refractivity contribution >= 4 is 17.4 Å². The molecule has 0 saturated heterocycles. The zero-order valence-electron chi connectivity index (χ0n) is 11.0. The van der Waals surface area contributed by atoms with Gasteiger partial charge >= 0.3 is 0 Å². The van der Waals surface area contributed by atoms with E-state index in [1.807, 2.05) is 12.1 Å². The Labute approximate surface area is 114 Å². The molecule has 2 nitrogen and oxygen atoms in total. The molecule has 1 aliphatic rings. The van der Waals surface area contributed by atoms with E-state index in [4.69, 9.17) is 11.6 Å². The zero-order valence-corrected chi connectivity index (χ0v) is 11.8. The fourth-order valence-electron chi connectivity index (χ4n) is 2.26. The molecule has 0 aromatic heterocycles. The lowest BCUT2D eigenvalue weighted by atomic mass is 10.1. The highest BCUT2D eigenvalue weighted by Crippen LogP contribution is 2.37. The Bertz CT molecular complexity index is 432. The molecule has 2 rings (SSSR count). The highest BCUT2D eigenvalue weighted by atomic mass is 35.5. The lowest BCUT2D eigenvalue weighted by Gasteiger charge is -2.15. The molecule has 1 aliphatic carbocycles. The standard InChI is InChI=1S/C15H20ClNO/c1-11-9-12(11)10-17(2)8-7-15(18)13-5-3-4-6-14(13)16/h3-6,11-12H,7-10H2,1-2H3. The number of halogens is 1. The van der Waals surface area contributed by atoms with Crippen LogP contribution in [-0.4, -0.2) is 30.8 Å². The third-order valence-corrected chi connectivity index (χ3v) is 4.05. The van der Waals surface area contributed by atoms with Crippen LogP contribution in [0, 0.1) is 11.8 Å². The van der Waals surface area contributed by atoms with E-state index in [0.29, 0.717) is 17.0 Å². The van der Waals surface area contributed by atoms with Gasteiger partial charge in [0.05, 0.1) is 5.02 Å². The summed E-state index contributed by atoms with van der Waals surface area (Å²) in [6.45, 7) is 4.21. The summed E-state index contributed by atoms with van der Waals surface area (Å²) in [5.41, 5.74) is 0.646. The summed E-state index contributed by atoms with van der Waals surface area (Å²) in [4.78, 5) is 14.3. The van der Waals surface area contributed by atoms with Crippen LogP contribution in [0.25, 0.3) is 0 Å². The van der Waals surface area contributed by atoms with Crippen LogP contribution in [0.15, 0.2) is 24.3 Å². The monoisotopic (exact) mass is 265 g/mol. The van der Waals surface area contributed by atoms with Crippen LogP contribution in [0.2, 0.25) is 5.02 Å². The second-order valence-electron chi connectivity index (χ2n) is 5.39. The minimum atomic E-state index is 0.135. The van der Waals surface area contributed by atoms with Gasteiger partial charge in [-0.2, -0.15) is 0 Å². The molecule has 2 unspecified atom stereocenters. The van der Waals surface area contributed by atoms with Gasteiger partial charge in [0.15, 0.2) is 5.78 Å². The number of hydrogen-bond donors (Lipinski definition) is 0. The van der Waals surface area contributed by atoms with E-state index in [0.717, 1.165) is 24.9 Å². The van der Waals surface area contributed by atoms with Crippen molar-refractivity contribution in [3.8, 4) is 0 Å². The molecule has 2 atom stereocenters. The predicted molar refractivity (Wildman–Crippen MR) is 75.2 cm³/mol. The van der Waals surface area contributed by atoms with E-state index in [1.165, 1.54) is 6.42 Å². The molecule has 98 valence electrons. The number of hydrogen-bond acceptors (Lipinski definition) is 2. The van der Waals surface area contributed by atoms with Crippen LogP contribution in [0.4, 0.5) is 0 Å². The summed E-state index contributed by atoms with van der Waals surface area (Å²) in [5, 5.41) is 0.556. The summed E-state index contributed by atoms with van der Waals surface area (Å²) in [6, 6.07) is 7.27. The van der Waals surface area contributed by atoms with Crippen LogP contribution in [0.5, 0.6) is 0 Å². The third kappa shape index (κ3) is 3.56. The Morgan fingerprint density at radius 1 is 1.44 bits per heavy atom. The Morgan fingerprint density at radius 3 is 2.72 bits per heavy atom. The van der Waals surface area contributed by atoms with Crippen LogP contribution in [0.3, 0.4) is 0 Å². The summed E-state index contributed by atoms with van der Waals surface area (Å²) in [6.07, 6.45) is 1.88. The maximum atomic E-state index is 12.0. The molecular formula is C15H20ClNO. The van der Waals surface area contributed by atoms with Gasteiger partial charge in [0, 0.05) is 25.1 Å². The quantitative estimate of drug-likeness (QED) is 0.734. The van der Waals surface area contributed by atoms with Gasteiger partial charge in [-0.05, 0) is 37.4 Å². The molecule has 0 amide bonds. The van der Waals surface area contributed by atoms with Crippen molar-refractivity contribution in [1.29, 1.82) is 0 Å². The minimum absolute atomic E-state index is 0.135. The highest BCUT2D eigenvalue weighted by molar-refractivity contribution is 6.33. The fraction of sp³-hybridized carbons (Fsp3) is 0.533. The second kappa shape index (κ2) is 5.85. The van der Waals surface area contributed by atoms with Gasteiger partial charge in [-0.1, -0.05) is 30.7 Å². The van der Waals surface area contributed by atoms with E-state index in [2.05, 4.69) is 18.9 Å². The molecule has 0 aliphatic heterocycles. The maximum absolute atomic E-state index is 12.0. The van der Waals surface area contributed by atoms with E-state index >= 15 is 0 Å². The first-order valence-corrected chi connectivity index (χ1v) is 6.92. The molecule has 0 heterocycles. The average Bonchev–Trinajstić information content (AvgIpc) is 3.02. The molecule has 0 radical (unpaired) electrons. The third-order valence-electron chi connectivity index (χ3n) is 3.72. The molecular weight excluding hydrogens is 246 g/mol. The number of benzene rings is 1. The Morgan fingerprint density at radius 2 is 2.11 bits per heavy atom. The normalized spacial score (nSPS) is 22.2. The summed E-state index contributed by atoms with van der Waals surface area (Å²) in [5.74, 6) is 1.84. The second-order valence-corrected chi connectivity index (χ2v) is 5.80. The number of rotatable bonds is 6. The SMILES string of the molecule is CC1CC1CN(C)CCC(=O)c1ccccc1Cl. The van der Waals surface area contributed by atoms with Crippen LogP contribution in [0.1, 0.15) is 30.1 Å². The van der Waals surface area contributed by atoms with Crippen molar-refractivity contribution in [3.05, 3.63) is 34.9 Å². The maximum Gasteiger partial charge on any atom is 0.165 e. The molecule has 0 bridgehead atoms. The molecule has 0 spiro atoms. The van der Waals surface area contributed by atoms with Gasteiger partial charge in [-0.25, -0.2) is 0 Å². The Balaban J connectivity index is 1.79. The van der Waals surface area contributed by atoms with Gasteiger partial charge in [0.1, 0.15) is 0 Å². The zero-order chi connectivity index (χ0) is 13.1. The molecule has 1 saturated carbocycles. The number of ketones is 1. The fourth-order valence-corrected chi connectivity index (χ4v) is 2.50. The van der Waals surface area contributed by atoms with Gasteiger partial charge in [-0.3, -0.25) is 4.79 Å². The lowest BCUT2D eigenvalue weighted by Crippen LogP contribution is -2.24. The number of carbonyl (C=O) groups is 1. The molecule has 1 aromatic rings. The molecule has 0 N–H and O–H groups in total. The van der Waals surface area contributed by atoms with Crippen molar-refractivity contribution in [2.24, 2.45) is 11.8 Å². The van der Waals surface area contributed by atoms with Crippen LogP contribution < -0.4 is 0 Å². The molecule has 18 heavy (non-hydrogen) atoms. The highest BCUT2D eigenvalue weighted by Gasteiger charge is 2.32. The average molecular weight is 266 g/mol. The predicted octanol–water partition coefficient (Wildman–Crippen LogP) is 3.50. The summed E-state index contributed by atoms with van der Waals surface area (Å²) in [7, 11) is 2.09. The van der Waals surface area contributed by atoms with Crippen LogP contribution >= 0.6 is 11.6 Å². The first-order chi connectivity index (χ1) is 8.58. The van der Waals surface area contributed by atoms with E-state index < -0.39 is 0 Å². The first-order valence-electron chi connectivity index (χ1n) is 6.54. The van der Waals surface area contributed by atoms with Crippen molar-refractivity contribution in [1.82, 2.24) is 4.90 Å². The Hall–Kier alpha value is -0.860. The van der Waals surface area contributed by atoms with Crippen molar-refractivity contribution in [3.63, 3.8) is 0 Å². The smallest absolute Gasteiger partial charge is 0.165 e. The van der Waals surface area contributed by atoms with Gasteiger partial charge in [0.2, 0.25) is 0 Å². The number of carbonyl (C=O) groups excluding carboxylic acids is 1. The van der Waals surface area contributed by atoms with E-state index in [9.17, 15) is 4.79 Å². The van der Waals surface area contributed by atoms with E-state index in [1.54, 1.807) is 12.1 Å². The van der Waals surface area contributed by atoms with Crippen LogP contribution in [-0.2, 0) is 0 Å². The van der Waals surface area contributed by atoms with Gasteiger partial charge in [0.25, 0.3) is 0 Å². The van der Waals surface area contributed by atoms with E-state index in [-0.39, 0.29) is 5.78 Å². The first kappa shape index (κ1) is 13.6. The summed E-state index contributed by atoms with van der Waals surface area (Å²) < 4.78 is 0. The molecule has 1 fully saturated rings. The van der Waals surface area contributed by atoms with Crippen molar-refractivity contribution in [2.45, 2.75) is 19.8 Å². The summed E-state index contributed by atoms with van der Waals surface area (Å²) >= 11 is 6.01. The Kier molecular flexibility index (Phi) is 4.41. The van der Waals surface area contributed by atoms with Crippen molar-refractivity contribution in [2.75, 3.05) is 20.1 Å². The minimum Gasteiger partial charge on any atom is -0.306 e. The van der Waals surface area contributed by atoms with Gasteiger partial charge < -0.3 is 4.90 Å². The topological polar surface area (TPSA) is 20.3 Å². The van der Waals surface area contributed by atoms with Gasteiger partial charge in [-0.15, -0.1) is 0 Å². The number of nitrogens with zero attached hydrogens (tertiary/aromatic N) is 1. The number of Topliss-reactive ketones (excluding diaryl/α,β-unsaturated/α-hetero) is 1. The molecule has 1 aromatic carbocycles. The largest absolute Gasteiger partial charge is 0.306 e.